The van der Waals surface area contributed by atoms with E-state index in [4.69, 9.17) is 16.0 Å². The normalized spacial score (nSPS) is 15.9. The molecule has 0 saturated heterocycles. The smallest absolute Gasteiger partial charge is 0.240 e. The Hall–Kier alpha value is -2.12. The van der Waals surface area contributed by atoms with Gasteiger partial charge in [-0.25, -0.2) is 13.1 Å². The second kappa shape index (κ2) is 8.09. The van der Waals surface area contributed by atoms with Crippen molar-refractivity contribution in [2.75, 3.05) is 13.1 Å². The standard InChI is InChI=1S/C21H21ClN2O3S/c22-18-7-9-19(10-8-18)28(25,26)23-14-20(21-6-3-13-27-21)24-12-11-16-4-1-2-5-17(16)15-24/h1-10,13,20,23H,11-12,14-15H2. The molecule has 1 aromatic heterocycles. The van der Waals surface area contributed by atoms with Gasteiger partial charge in [-0.1, -0.05) is 35.9 Å². The van der Waals surface area contributed by atoms with E-state index in [1.54, 1.807) is 18.4 Å². The van der Waals surface area contributed by atoms with Gasteiger partial charge in [0.1, 0.15) is 5.76 Å². The summed E-state index contributed by atoms with van der Waals surface area (Å²) in [5.74, 6) is 0.748. The highest BCUT2D eigenvalue weighted by molar-refractivity contribution is 7.89. The molecule has 3 aromatic rings. The molecule has 28 heavy (non-hydrogen) atoms. The van der Waals surface area contributed by atoms with Crippen molar-refractivity contribution in [1.29, 1.82) is 0 Å². The Balaban J connectivity index is 1.54. The van der Waals surface area contributed by atoms with Crippen LogP contribution in [0.15, 0.2) is 76.2 Å². The van der Waals surface area contributed by atoms with Crippen LogP contribution in [0.2, 0.25) is 5.02 Å². The Morgan fingerprint density at radius 1 is 1.04 bits per heavy atom. The maximum absolute atomic E-state index is 12.7. The van der Waals surface area contributed by atoms with Crippen LogP contribution in [0.25, 0.3) is 0 Å². The average Bonchev–Trinajstić information content (AvgIpc) is 3.23. The number of halogens is 1. The zero-order valence-electron chi connectivity index (χ0n) is 15.2. The van der Waals surface area contributed by atoms with Crippen molar-refractivity contribution in [3.63, 3.8) is 0 Å². The van der Waals surface area contributed by atoms with Gasteiger partial charge >= 0.3 is 0 Å². The summed E-state index contributed by atoms with van der Waals surface area (Å²) < 4.78 is 33.8. The van der Waals surface area contributed by atoms with E-state index in [9.17, 15) is 8.42 Å². The van der Waals surface area contributed by atoms with E-state index in [1.165, 1.54) is 23.3 Å². The number of nitrogens with one attached hydrogen (secondary N) is 1. The molecule has 5 nitrogen and oxygen atoms in total. The Bertz CT molecular complexity index is 1030. The highest BCUT2D eigenvalue weighted by Gasteiger charge is 2.28. The molecule has 0 saturated carbocycles. The molecule has 2 heterocycles. The lowest BCUT2D eigenvalue weighted by Crippen LogP contribution is -2.40. The van der Waals surface area contributed by atoms with Gasteiger partial charge in [-0.05, 0) is 53.9 Å². The summed E-state index contributed by atoms with van der Waals surface area (Å²) in [6.07, 6.45) is 2.55. The van der Waals surface area contributed by atoms with Crippen molar-refractivity contribution in [2.24, 2.45) is 0 Å². The summed E-state index contributed by atoms with van der Waals surface area (Å²) in [4.78, 5) is 2.45. The molecule has 0 spiro atoms. The van der Waals surface area contributed by atoms with Crippen LogP contribution in [0.1, 0.15) is 22.9 Å². The third-order valence-electron chi connectivity index (χ3n) is 5.06. The van der Waals surface area contributed by atoms with Gasteiger partial charge in [0.05, 0.1) is 17.2 Å². The zero-order valence-corrected chi connectivity index (χ0v) is 16.8. The van der Waals surface area contributed by atoms with Gasteiger partial charge in [-0.3, -0.25) is 4.90 Å². The summed E-state index contributed by atoms with van der Waals surface area (Å²) in [5, 5.41) is 0.499. The Morgan fingerprint density at radius 3 is 2.50 bits per heavy atom. The second-order valence-electron chi connectivity index (χ2n) is 6.83. The van der Waals surface area contributed by atoms with E-state index < -0.39 is 10.0 Å². The summed E-state index contributed by atoms with van der Waals surface area (Å²) >= 11 is 5.87. The molecule has 0 aliphatic carbocycles. The van der Waals surface area contributed by atoms with Crippen LogP contribution >= 0.6 is 11.6 Å². The first kappa shape index (κ1) is 19.2. The molecule has 0 amide bonds. The van der Waals surface area contributed by atoms with Gasteiger partial charge in [0.15, 0.2) is 0 Å². The summed E-state index contributed by atoms with van der Waals surface area (Å²) in [7, 11) is -3.64. The minimum atomic E-state index is -3.64. The molecule has 1 unspecified atom stereocenters. The first-order valence-electron chi connectivity index (χ1n) is 9.12. The third-order valence-corrected chi connectivity index (χ3v) is 6.75. The highest BCUT2D eigenvalue weighted by atomic mass is 35.5. The highest BCUT2D eigenvalue weighted by Crippen LogP contribution is 2.28. The number of nitrogens with zero attached hydrogens (tertiary/aromatic N) is 1. The maximum Gasteiger partial charge on any atom is 0.240 e. The van der Waals surface area contributed by atoms with Gasteiger partial charge in [-0.15, -0.1) is 0 Å². The number of fused-ring (bicyclic) bond motifs is 1. The minimum absolute atomic E-state index is 0.189. The molecule has 2 aromatic carbocycles. The van der Waals surface area contributed by atoms with Crippen LogP contribution in [-0.4, -0.2) is 26.4 Å². The van der Waals surface area contributed by atoms with Crippen molar-refractivity contribution in [3.05, 3.63) is 88.8 Å². The number of rotatable bonds is 6. The molecular weight excluding hydrogens is 396 g/mol. The van der Waals surface area contributed by atoms with Crippen molar-refractivity contribution in [2.45, 2.75) is 23.9 Å². The summed E-state index contributed by atoms with van der Waals surface area (Å²) in [6.45, 7) is 1.82. The third kappa shape index (κ3) is 4.15. The molecule has 1 aliphatic heterocycles. The fourth-order valence-corrected chi connectivity index (χ4v) is 4.72. The van der Waals surface area contributed by atoms with Gasteiger partial charge in [0.25, 0.3) is 0 Å². The fraction of sp³-hybridized carbons (Fsp3) is 0.238. The van der Waals surface area contributed by atoms with E-state index in [1.807, 2.05) is 18.2 Å². The predicted octanol–water partition coefficient (Wildman–Crippen LogP) is 4.01. The number of hydrogen-bond acceptors (Lipinski definition) is 4. The number of hydrogen-bond donors (Lipinski definition) is 1. The molecular formula is C21H21ClN2O3S. The Morgan fingerprint density at radius 2 is 1.79 bits per heavy atom. The molecule has 0 bridgehead atoms. The zero-order chi connectivity index (χ0) is 19.6. The largest absolute Gasteiger partial charge is 0.468 e. The van der Waals surface area contributed by atoms with Gasteiger partial charge in [0, 0.05) is 24.7 Å². The number of sulfonamides is 1. The molecule has 7 heteroatoms. The summed E-state index contributed by atoms with van der Waals surface area (Å²) in [5.41, 5.74) is 2.62. The van der Waals surface area contributed by atoms with Crippen LogP contribution in [0.5, 0.6) is 0 Å². The van der Waals surface area contributed by atoms with Crippen molar-refractivity contribution < 1.29 is 12.8 Å². The predicted molar refractivity (Wildman–Crippen MR) is 109 cm³/mol. The topological polar surface area (TPSA) is 62.6 Å². The van der Waals surface area contributed by atoms with Crippen LogP contribution in [0, 0.1) is 0 Å². The minimum Gasteiger partial charge on any atom is -0.468 e. The number of benzene rings is 2. The van der Waals surface area contributed by atoms with Gasteiger partial charge in [0.2, 0.25) is 10.0 Å². The van der Waals surface area contributed by atoms with E-state index in [2.05, 4.69) is 27.8 Å². The lowest BCUT2D eigenvalue weighted by Gasteiger charge is -2.34. The maximum atomic E-state index is 12.7. The summed E-state index contributed by atoms with van der Waals surface area (Å²) in [6, 6.07) is 18.0. The van der Waals surface area contributed by atoms with Crippen LogP contribution in [0.4, 0.5) is 0 Å². The molecule has 1 atom stereocenters. The van der Waals surface area contributed by atoms with E-state index in [0.717, 1.165) is 25.3 Å². The fourth-order valence-electron chi connectivity index (χ4n) is 3.56. The first-order chi connectivity index (χ1) is 13.5. The molecule has 0 radical (unpaired) electrons. The van der Waals surface area contributed by atoms with E-state index >= 15 is 0 Å². The van der Waals surface area contributed by atoms with E-state index in [-0.39, 0.29) is 17.5 Å². The SMILES string of the molecule is O=S(=O)(NCC(c1ccco1)N1CCc2ccccc2C1)c1ccc(Cl)cc1. The van der Waals surface area contributed by atoms with Crippen molar-refractivity contribution in [3.8, 4) is 0 Å². The average molecular weight is 417 g/mol. The first-order valence-corrected chi connectivity index (χ1v) is 11.0. The van der Waals surface area contributed by atoms with Crippen molar-refractivity contribution >= 4 is 21.6 Å². The van der Waals surface area contributed by atoms with Crippen LogP contribution in [0.3, 0.4) is 0 Å². The molecule has 1 aliphatic rings. The molecule has 1 N–H and O–H groups in total. The Labute approximate surface area is 170 Å². The Kier molecular flexibility index (Phi) is 5.55. The number of furan rings is 1. The van der Waals surface area contributed by atoms with Gasteiger partial charge < -0.3 is 4.42 Å². The second-order valence-corrected chi connectivity index (χ2v) is 9.03. The van der Waals surface area contributed by atoms with Crippen LogP contribution < -0.4 is 4.72 Å². The van der Waals surface area contributed by atoms with Crippen LogP contribution in [-0.2, 0) is 23.0 Å². The lowest BCUT2D eigenvalue weighted by atomic mass is 9.98. The molecule has 146 valence electrons. The van der Waals surface area contributed by atoms with Gasteiger partial charge in [-0.2, -0.15) is 0 Å². The van der Waals surface area contributed by atoms with Crippen molar-refractivity contribution in [1.82, 2.24) is 9.62 Å². The molecule has 4 rings (SSSR count). The molecule has 0 fully saturated rings. The quantitative estimate of drug-likeness (QED) is 0.659. The van der Waals surface area contributed by atoms with E-state index in [0.29, 0.717) is 5.02 Å². The lowest BCUT2D eigenvalue weighted by molar-refractivity contribution is 0.160. The monoisotopic (exact) mass is 416 g/mol.